The van der Waals surface area contributed by atoms with Crippen LogP contribution in [0, 0.1) is 12.8 Å². The van der Waals surface area contributed by atoms with Gasteiger partial charge >= 0.3 is 0 Å². The summed E-state index contributed by atoms with van der Waals surface area (Å²) >= 11 is 0. The number of carbonyl (C=O) groups is 1. The summed E-state index contributed by atoms with van der Waals surface area (Å²) in [6, 6.07) is 4.27. The van der Waals surface area contributed by atoms with Crippen LogP contribution in [0.2, 0.25) is 0 Å². The Bertz CT molecular complexity index is 578. The van der Waals surface area contributed by atoms with Crippen molar-refractivity contribution in [2.45, 2.75) is 38.5 Å². The van der Waals surface area contributed by atoms with E-state index < -0.39 is 10.0 Å². The van der Waals surface area contributed by atoms with Gasteiger partial charge in [0, 0.05) is 12.1 Å². The Labute approximate surface area is 120 Å². The zero-order chi connectivity index (χ0) is 15.3. The Morgan fingerprint density at radius 1 is 1.30 bits per heavy atom. The van der Waals surface area contributed by atoms with Gasteiger partial charge in [0.05, 0.1) is 4.90 Å². The third kappa shape index (κ3) is 4.31. The van der Waals surface area contributed by atoms with Crippen molar-refractivity contribution >= 4 is 15.9 Å². The molecule has 6 heteroatoms. The summed E-state index contributed by atoms with van der Waals surface area (Å²) in [5.74, 6) is 0.276. The monoisotopic (exact) mass is 298 g/mol. The lowest BCUT2D eigenvalue weighted by atomic mass is 10.0. The zero-order valence-electron chi connectivity index (χ0n) is 12.1. The number of rotatable bonds is 6. The van der Waals surface area contributed by atoms with Gasteiger partial charge in [-0.25, -0.2) is 13.6 Å². The van der Waals surface area contributed by atoms with Crippen molar-refractivity contribution in [1.29, 1.82) is 0 Å². The van der Waals surface area contributed by atoms with Crippen LogP contribution in [0.5, 0.6) is 0 Å². The average Bonchev–Trinajstić information content (AvgIpc) is 2.38. The summed E-state index contributed by atoms with van der Waals surface area (Å²) in [7, 11) is -3.73. The molecule has 0 aromatic heterocycles. The van der Waals surface area contributed by atoms with Crippen molar-refractivity contribution < 1.29 is 13.2 Å². The molecule has 0 bridgehead atoms. The molecule has 20 heavy (non-hydrogen) atoms. The lowest BCUT2D eigenvalue weighted by Gasteiger charge is -2.14. The topological polar surface area (TPSA) is 89.3 Å². The first-order valence-corrected chi connectivity index (χ1v) is 8.25. The second kappa shape index (κ2) is 6.85. The molecule has 1 aromatic carbocycles. The summed E-state index contributed by atoms with van der Waals surface area (Å²) in [4.78, 5) is 12.1. The maximum Gasteiger partial charge on any atom is 0.251 e. The molecule has 0 saturated carbocycles. The number of nitrogens with two attached hydrogens (primary N) is 1. The van der Waals surface area contributed by atoms with Crippen LogP contribution < -0.4 is 10.5 Å². The molecule has 1 rings (SSSR count). The maximum atomic E-state index is 12.1. The zero-order valence-corrected chi connectivity index (χ0v) is 13.0. The van der Waals surface area contributed by atoms with Gasteiger partial charge in [-0.15, -0.1) is 0 Å². The molecular weight excluding hydrogens is 276 g/mol. The first kappa shape index (κ1) is 16.7. The predicted molar refractivity (Wildman–Crippen MR) is 79.0 cm³/mol. The van der Waals surface area contributed by atoms with Crippen LogP contribution in [0.1, 0.15) is 42.6 Å². The van der Waals surface area contributed by atoms with Crippen LogP contribution in [0.4, 0.5) is 0 Å². The lowest BCUT2D eigenvalue weighted by molar-refractivity contribution is 0.0945. The highest BCUT2D eigenvalue weighted by molar-refractivity contribution is 7.89. The Kier molecular flexibility index (Phi) is 5.71. The second-order valence-corrected chi connectivity index (χ2v) is 6.48. The van der Waals surface area contributed by atoms with E-state index >= 15 is 0 Å². The van der Waals surface area contributed by atoms with Crippen LogP contribution in [-0.2, 0) is 10.0 Å². The molecular formula is C14H22N2O3S. The van der Waals surface area contributed by atoms with Crippen LogP contribution in [0.25, 0.3) is 0 Å². The average molecular weight is 298 g/mol. The number of benzene rings is 1. The Morgan fingerprint density at radius 2 is 1.90 bits per heavy atom. The van der Waals surface area contributed by atoms with Crippen LogP contribution in [0.3, 0.4) is 0 Å². The molecule has 0 atom stereocenters. The number of carbonyl (C=O) groups excluding carboxylic acids is 1. The number of sulfonamides is 1. The number of hydrogen-bond donors (Lipinski definition) is 2. The summed E-state index contributed by atoms with van der Waals surface area (Å²) < 4.78 is 22.5. The molecule has 0 heterocycles. The Balaban J connectivity index is 2.85. The van der Waals surface area contributed by atoms with E-state index in [1.54, 1.807) is 6.92 Å². The molecule has 1 amide bonds. The van der Waals surface area contributed by atoms with Crippen molar-refractivity contribution in [3.63, 3.8) is 0 Å². The molecule has 0 aliphatic heterocycles. The summed E-state index contributed by atoms with van der Waals surface area (Å²) in [5.41, 5.74) is 1.07. The smallest absolute Gasteiger partial charge is 0.251 e. The SMILES string of the molecule is CCC(CC)CNC(=O)c1ccc(S(N)(=O)=O)cc1C. The maximum absolute atomic E-state index is 12.1. The van der Waals surface area contributed by atoms with Crippen molar-refractivity contribution in [3.05, 3.63) is 29.3 Å². The summed E-state index contributed by atoms with van der Waals surface area (Å²) in [6.07, 6.45) is 2.03. The van der Waals surface area contributed by atoms with Gasteiger partial charge in [-0.2, -0.15) is 0 Å². The minimum atomic E-state index is -3.73. The molecule has 3 N–H and O–H groups in total. The van der Waals surface area contributed by atoms with Gasteiger partial charge in [-0.3, -0.25) is 4.79 Å². The van der Waals surface area contributed by atoms with Crippen molar-refractivity contribution in [1.82, 2.24) is 5.32 Å². The number of primary sulfonamides is 1. The molecule has 1 aromatic rings. The van der Waals surface area contributed by atoms with Crippen molar-refractivity contribution in [2.24, 2.45) is 11.1 Å². The molecule has 5 nitrogen and oxygen atoms in total. The molecule has 0 aliphatic carbocycles. The van der Waals surface area contributed by atoms with Crippen LogP contribution in [-0.4, -0.2) is 20.9 Å². The summed E-state index contributed by atoms with van der Waals surface area (Å²) in [6.45, 7) is 6.50. The van der Waals surface area contributed by atoms with E-state index in [0.717, 1.165) is 12.8 Å². The van der Waals surface area contributed by atoms with Gasteiger partial charge in [0.1, 0.15) is 0 Å². The predicted octanol–water partition coefficient (Wildman–Crippen LogP) is 1.81. The highest BCUT2D eigenvalue weighted by Crippen LogP contribution is 2.14. The highest BCUT2D eigenvalue weighted by atomic mass is 32.2. The quantitative estimate of drug-likeness (QED) is 0.839. The number of hydrogen-bond acceptors (Lipinski definition) is 3. The highest BCUT2D eigenvalue weighted by Gasteiger charge is 2.14. The van der Waals surface area contributed by atoms with E-state index in [9.17, 15) is 13.2 Å². The fourth-order valence-corrected chi connectivity index (χ4v) is 2.58. The van der Waals surface area contributed by atoms with Crippen LogP contribution >= 0.6 is 0 Å². The normalized spacial score (nSPS) is 11.7. The van der Waals surface area contributed by atoms with Gasteiger partial charge in [0.2, 0.25) is 10.0 Å². The molecule has 0 saturated heterocycles. The van der Waals surface area contributed by atoms with E-state index in [1.165, 1.54) is 18.2 Å². The fraction of sp³-hybridized carbons (Fsp3) is 0.500. The van der Waals surface area contributed by atoms with Gasteiger partial charge < -0.3 is 5.32 Å². The standard InChI is InChI=1S/C14H22N2O3S/c1-4-11(5-2)9-16-14(17)13-7-6-12(8-10(13)3)20(15,18)19/h6-8,11H,4-5,9H2,1-3H3,(H,16,17)(H2,15,18,19). The molecule has 112 valence electrons. The van der Waals surface area contributed by atoms with Gasteiger partial charge in [0.15, 0.2) is 0 Å². The molecule has 0 fully saturated rings. The van der Waals surface area contributed by atoms with E-state index in [1.807, 2.05) is 0 Å². The Hall–Kier alpha value is -1.40. The molecule has 0 radical (unpaired) electrons. The molecule has 0 unspecified atom stereocenters. The lowest BCUT2D eigenvalue weighted by Crippen LogP contribution is -2.29. The second-order valence-electron chi connectivity index (χ2n) is 4.91. The summed E-state index contributed by atoms with van der Waals surface area (Å²) in [5, 5.41) is 7.94. The van der Waals surface area contributed by atoms with Gasteiger partial charge in [-0.05, 0) is 36.6 Å². The Morgan fingerprint density at radius 3 is 2.35 bits per heavy atom. The first-order valence-electron chi connectivity index (χ1n) is 6.71. The fourth-order valence-electron chi connectivity index (χ4n) is 1.98. The minimum absolute atomic E-state index is 0.0199. The van der Waals surface area contributed by atoms with E-state index in [4.69, 9.17) is 5.14 Å². The van der Waals surface area contributed by atoms with Crippen molar-refractivity contribution in [2.75, 3.05) is 6.54 Å². The number of nitrogens with one attached hydrogen (secondary N) is 1. The van der Waals surface area contributed by atoms with E-state index in [-0.39, 0.29) is 10.8 Å². The first-order chi connectivity index (χ1) is 9.29. The molecule has 0 aliphatic rings. The third-order valence-electron chi connectivity index (χ3n) is 3.48. The third-order valence-corrected chi connectivity index (χ3v) is 4.39. The number of aryl methyl sites for hydroxylation is 1. The largest absolute Gasteiger partial charge is 0.352 e. The van der Waals surface area contributed by atoms with E-state index in [0.29, 0.717) is 23.6 Å². The van der Waals surface area contributed by atoms with Crippen LogP contribution in [0.15, 0.2) is 23.1 Å². The van der Waals surface area contributed by atoms with Gasteiger partial charge in [0.25, 0.3) is 5.91 Å². The molecule has 0 spiro atoms. The van der Waals surface area contributed by atoms with Crippen molar-refractivity contribution in [3.8, 4) is 0 Å². The van der Waals surface area contributed by atoms with E-state index in [2.05, 4.69) is 19.2 Å². The number of amides is 1. The van der Waals surface area contributed by atoms with Gasteiger partial charge in [-0.1, -0.05) is 26.7 Å². The minimum Gasteiger partial charge on any atom is -0.352 e.